The van der Waals surface area contributed by atoms with Crippen molar-refractivity contribution in [2.24, 2.45) is 0 Å². The third-order valence-corrected chi connectivity index (χ3v) is 3.81. The van der Waals surface area contributed by atoms with Gasteiger partial charge in [-0.05, 0) is 31.9 Å². The topological polar surface area (TPSA) is 42.0 Å². The van der Waals surface area contributed by atoms with Crippen LogP contribution < -0.4 is 5.32 Å². The summed E-state index contributed by atoms with van der Waals surface area (Å²) in [6.45, 7) is 6.22. The molecule has 0 saturated heterocycles. The second kappa shape index (κ2) is 5.39. The number of benzene rings is 1. The van der Waals surface area contributed by atoms with Crippen LogP contribution in [0.15, 0.2) is 36.4 Å². The summed E-state index contributed by atoms with van der Waals surface area (Å²) in [5.74, 6) is -0.100. The van der Waals surface area contributed by atoms with Gasteiger partial charge in [0.1, 0.15) is 5.69 Å². The molecule has 100 valence electrons. The fourth-order valence-corrected chi connectivity index (χ4v) is 1.96. The number of para-hydroxylation sites is 1. The average molecular weight is 256 g/mol. The molecule has 1 N–H and O–H groups in total. The van der Waals surface area contributed by atoms with Gasteiger partial charge in [0.05, 0.1) is 5.52 Å². The van der Waals surface area contributed by atoms with Crippen molar-refractivity contribution in [3.8, 4) is 0 Å². The van der Waals surface area contributed by atoms with Crippen molar-refractivity contribution >= 4 is 16.8 Å². The number of nitrogens with zero attached hydrogens (tertiary/aromatic N) is 1. The smallest absolute Gasteiger partial charge is 0.270 e. The second-order valence-corrected chi connectivity index (χ2v) is 5.11. The van der Waals surface area contributed by atoms with Gasteiger partial charge in [0.2, 0.25) is 0 Å². The average Bonchev–Trinajstić information content (AvgIpc) is 2.46. The van der Waals surface area contributed by atoms with E-state index >= 15 is 0 Å². The molecule has 0 aliphatic carbocycles. The van der Waals surface area contributed by atoms with Gasteiger partial charge in [-0.25, -0.2) is 4.98 Å². The maximum atomic E-state index is 12.2. The van der Waals surface area contributed by atoms with Crippen LogP contribution in [-0.4, -0.2) is 16.4 Å². The Bertz CT molecular complexity index is 588. The van der Waals surface area contributed by atoms with E-state index < -0.39 is 0 Å². The minimum absolute atomic E-state index is 0.100. The monoisotopic (exact) mass is 256 g/mol. The Hall–Kier alpha value is -1.90. The predicted octanol–water partition coefficient (Wildman–Crippen LogP) is 3.54. The fraction of sp³-hybridized carbons (Fsp3) is 0.375. The van der Waals surface area contributed by atoms with Crippen molar-refractivity contribution in [2.45, 2.75) is 39.2 Å². The Balaban J connectivity index is 2.26. The lowest BCUT2D eigenvalue weighted by molar-refractivity contribution is 0.0896. The summed E-state index contributed by atoms with van der Waals surface area (Å²) in [6, 6.07) is 11.5. The SMILES string of the molecule is CCC(C)(CC)NC(=O)c1ccc2ccccc2n1. The summed E-state index contributed by atoms with van der Waals surface area (Å²) in [7, 11) is 0. The highest BCUT2D eigenvalue weighted by Gasteiger charge is 2.23. The molecular formula is C16H20N2O. The standard InChI is InChI=1S/C16H20N2O/c1-4-16(3,5-2)18-15(19)14-11-10-12-8-6-7-9-13(12)17-14/h6-11H,4-5H2,1-3H3,(H,18,19). The number of rotatable bonds is 4. The van der Waals surface area contributed by atoms with Crippen molar-refractivity contribution < 1.29 is 4.79 Å². The minimum atomic E-state index is -0.162. The number of amides is 1. The van der Waals surface area contributed by atoms with Gasteiger partial charge in [-0.15, -0.1) is 0 Å². The number of pyridine rings is 1. The highest BCUT2D eigenvalue weighted by molar-refractivity contribution is 5.95. The van der Waals surface area contributed by atoms with Gasteiger partial charge < -0.3 is 5.32 Å². The van der Waals surface area contributed by atoms with Gasteiger partial charge >= 0.3 is 0 Å². The first kappa shape index (κ1) is 13.5. The highest BCUT2D eigenvalue weighted by atomic mass is 16.2. The van der Waals surface area contributed by atoms with E-state index in [0.717, 1.165) is 23.7 Å². The van der Waals surface area contributed by atoms with E-state index in [1.54, 1.807) is 6.07 Å². The summed E-state index contributed by atoms with van der Waals surface area (Å²) in [5.41, 5.74) is 1.17. The minimum Gasteiger partial charge on any atom is -0.346 e. The van der Waals surface area contributed by atoms with Gasteiger partial charge in [0, 0.05) is 10.9 Å². The summed E-state index contributed by atoms with van der Waals surface area (Å²) in [5, 5.41) is 4.12. The van der Waals surface area contributed by atoms with E-state index in [1.165, 1.54) is 0 Å². The number of carbonyl (C=O) groups excluding carboxylic acids is 1. The molecule has 1 heterocycles. The number of hydrogen-bond acceptors (Lipinski definition) is 2. The molecule has 3 nitrogen and oxygen atoms in total. The summed E-state index contributed by atoms with van der Waals surface area (Å²) < 4.78 is 0. The van der Waals surface area contributed by atoms with E-state index in [0.29, 0.717) is 5.69 Å². The van der Waals surface area contributed by atoms with Crippen LogP contribution in [0.25, 0.3) is 10.9 Å². The Morgan fingerprint density at radius 2 is 1.84 bits per heavy atom. The third-order valence-electron chi connectivity index (χ3n) is 3.81. The molecule has 2 rings (SSSR count). The molecule has 1 aromatic carbocycles. The lowest BCUT2D eigenvalue weighted by atomic mass is 9.95. The fourth-order valence-electron chi connectivity index (χ4n) is 1.96. The second-order valence-electron chi connectivity index (χ2n) is 5.11. The number of carbonyl (C=O) groups is 1. The zero-order valence-electron chi connectivity index (χ0n) is 11.7. The first-order valence-electron chi connectivity index (χ1n) is 6.76. The number of aromatic nitrogens is 1. The van der Waals surface area contributed by atoms with Gasteiger partial charge in [-0.1, -0.05) is 38.1 Å². The summed E-state index contributed by atoms with van der Waals surface area (Å²) in [4.78, 5) is 16.7. The van der Waals surface area contributed by atoms with Crippen LogP contribution >= 0.6 is 0 Å². The van der Waals surface area contributed by atoms with Crippen molar-refractivity contribution in [2.75, 3.05) is 0 Å². The molecule has 2 aromatic rings. The molecule has 0 radical (unpaired) electrons. The van der Waals surface area contributed by atoms with Crippen molar-refractivity contribution in [3.05, 3.63) is 42.1 Å². The largest absolute Gasteiger partial charge is 0.346 e. The molecule has 1 amide bonds. The van der Waals surface area contributed by atoms with Crippen LogP contribution in [0.1, 0.15) is 44.1 Å². The molecular weight excluding hydrogens is 236 g/mol. The number of hydrogen-bond donors (Lipinski definition) is 1. The Morgan fingerprint density at radius 1 is 1.16 bits per heavy atom. The van der Waals surface area contributed by atoms with E-state index in [1.807, 2.05) is 30.3 Å². The van der Waals surface area contributed by atoms with Gasteiger partial charge in [0.25, 0.3) is 5.91 Å². The van der Waals surface area contributed by atoms with E-state index in [-0.39, 0.29) is 11.4 Å². The molecule has 0 fully saturated rings. The Labute approximate surface area is 114 Å². The maximum Gasteiger partial charge on any atom is 0.270 e. The third kappa shape index (κ3) is 2.92. The van der Waals surface area contributed by atoms with Gasteiger partial charge in [0.15, 0.2) is 0 Å². The lowest BCUT2D eigenvalue weighted by Crippen LogP contribution is -2.45. The molecule has 0 spiro atoms. The molecule has 0 saturated carbocycles. The molecule has 1 aromatic heterocycles. The molecule has 0 aliphatic rings. The predicted molar refractivity (Wildman–Crippen MR) is 78.2 cm³/mol. The normalized spacial score (nSPS) is 11.5. The van der Waals surface area contributed by atoms with Crippen LogP contribution in [0.2, 0.25) is 0 Å². The van der Waals surface area contributed by atoms with Crippen molar-refractivity contribution in [3.63, 3.8) is 0 Å². The number of nitrogens with one attached hydrogen (secondary N) is 1. The maximum absolute atomic E-state index is 12.2. The highest BCUT2D eigenvalue weighted by Crippen LogP contribution is 2.16. The first-order valence-corrected chi connectivity index (χ1v) is 6.76. The van der Waals surface area contributed by atoms with Crippen molar-refractivity contribution in [1.82, 2.24) is 10.3 Å². The summed E-state index contributed by atoms with van der Waals surface area (Å²) >= 11 is 0. The first-order chi connectivity index (χ1) is 9.08. The van der Waals surface area contributed by atoms with Crippen LogP contribution in [-0.2, 0) is 0 Å². The Morgan fingerprint density at radius 3 is 2.53 bits per heavy atom. The van der Waals surface area contributed by atoms with Gasteiger partial charge in [-0.3, -0.25) is 4.79 Å². The Kier molecular flexibility index (Phi) is 3.84. The van der Waals surface area contributed by atoms with E-state index in [2.05, 4.69) is 31.1 Å². The lowest BCUT2D eigenvalue weighted by Gasteiger charge is -2.28. The van der Waals surface area contributed by atoms with E-state index in [4.69, 9.17) is 0 Å². The molecule has 0 unspecified atom stereocenters. The van der Waals surface area contributed by atoms with Crippen molar-refractivity contribution in [1.29, 1.82) is 0 Å². The summed E-state index contributed by atoms with van der Waals surface area (Å²) in [6.07, 6.45) is 1.81. The zero-order chi connectivity index (χ0) is 13.9. The molecule has 19 heavy (non-hydrogen) atoms. The van der Waals surface area contributed by atoms with Crippen LogP contribution in [0.5, 0.6) is 0 Å². The van der Waals surface area contributed by atoms with Gasteiger partial charge in [-0.2, -0.15) is 0 Å². The molecule has 0 aliphatic heterocycles. The molecule has 0 bridgehead atoms. The zero-order valence-corrected chi connectivity index (χ0v) is 11.7. The van der Waals surface area contributed by atoms with E-state index in [9.17, 15) is 4.79 Å². The molecule has 3 heteroatoms. The van der Waals surface area contributed by atoms with Crippen LogP contribution in [0.3, 0.4) is 0 Å². The number of fused-ring (bicyclic) bond motifs is 1. The molecule has 0 atom stereocenters. The quantitative estimate of drug-likeness (QED) is 0.909. The van der Waals surface area contributed by atoms with Crippen LogP contribution in [0.4, 0.5) is 0 Å². The van der Waals surface area contributed by atoms with Crippen LogP contribution in [0, 0.1) is 0 Å².